The van der Waals surface area contributed by atoms with Gasteiger partial charge in [-0.3, -0.25) is 0 Å². The summed E-state index contributed by atoms with van der Waals surface area (Å²) in [6, 6.07) is 0. The van der Waals surface area contributed by atoms with E-state index < -0.39 is 17.8 Å². The summed E-state index contributed by atoms with van der Waals surface area (Å²) in [5.41, 5.74) is 5.75. The van der Waals surface area contributed by atoms with Gasteiger partial charge in [0.25, 0.3) is 0 Å². The Morgan fingerprint density at radius 1 is 0.488 bits per heavy atom. The molecule has 41 heavy (non-hydrogen) atoms. The molecule has 0 aromatic heterocycles. The van der Waals surface area contributed by atoms with Crippen LogP contribution in [0, 0.1) is 17.8 Å². The first-order chi connectivity index (χ1) is 20.0. The summed E-state index contributed by atoms with van der Waals surface area (Å²) in [5.74, 6) is -1.41. The van der Waals surface area contributed by atoms with Crippen LogP contribution in [-0.2, 0) is 42.1 Å². The van der Waals surface area contributed by atoms with Crippen LogP contribution in [0.1, 0.15) is 148 Å². The van der Waals surface area contributed by atoms with E-state index in [1.807, 2.05) is 0 Å². The molecule has 7 heteroatoms. The van der Waals surface area contributed by atoms with E-state index >= 15 is 0 Å². The fourth-order valence-corrected chi connectivity index (χ4v) is 13.6. The Balaban J connectivity index is 1.37. The van der Waals surface area contributed by atoms with Crippen molar-refractivity contribution in [2.45, 2.75) is 152 Å². The van der Waals surface area contributed by atoms with Gasteiger partial charge in [-0.15, -0.1) is 0 Å². The molecule has 0 aromatic carbocycles. The SMILES string of the molecule is O=C([O][Ti]([O]C(=O)C1CCCCC1)([O]C(=O)C1CCCCC1)[CH]1CCCC2=C1CC1=C2CCCC1)C1CCCCC1. The van der Waals surface area contributed by atoms with Crippen LogP contribution in [0.3, 0.4) is 0 Å². The molecule has 0 aromatic rings. The third kappa shape index (κ3) is 6.59. The number of rotatable bonds is 7. The Morgan fingerprint density at radius 2 is 0.927 bits per heavy atom. The van der Waals surface area contributed by atoms with Crippen molar-refractivity contribution in [2.75, 3.05) is 0 Å². The van der Waals surface area contributed by atoms with Crippen molar-refractivity contribution in [1.29, 1.82) is 0 Å². The van der Waals surface area contributed by atoms with Crippen LogP contribution in [-0.4, -0.2) is 17.9 Å². The van der Waals surface area contributed by atoms with Gasteiger partial charge in [-0.1, -0.05) is 0 Å². The van der Waals surface area contributed by atoms with E-state index in [9.17, 15) is 14.4 Å². The van der Waals surface area contributed by atoms with E-state index in [0.717, 1.165) is 135 Å². The van der Waals surface area contributed by atoms with Gasteiger partial charge in [0.1, 0.15) is 0 Å². The number of allylic oxidation sites excluding steroid dienone is 4. The quantitative estimate of drug-likeness (QED) is 0.271. The number of carbonyl (C=O) groups is 3. The van der Waals surface area contributed by atoms with Gasteiger partial charge < -0.3 is 0 Å². The van der Waals surface area contributed by atoms with E-state index in [4.69, 9.17) is 9.96 Å². The second-order valence-electron chi connectivity index (χ2n) is 13.8. The summed E-state index contributed by atoms with van der Waals surface area (Å²) in [4.78, 5) is 41.8. The predicted octanol–water partition coefficient (Wildman–Crippen LogP) is 8.80. The van der Waals surface area contributed by atoms with E-state index in [2.05, 4.69) is 0 Å². The van der Waals surface area contributed by atoms with Gasteiger partial charge in [0, 0.05) is 0 Å². The van der Waals surface area contributed by atoms with Crippen molar-refractivity contribution >= 4 is 17.9 Å². The van der Waals surface area contributed by atoms with Crippen LogP contribution in [0.4, 0.5) is 0 Å². The Morgan fingerprint density at radius 3 is 1.41 bits per heavy atom. The van der Waals surface area contributed by atoms with Crippen LogP contribution in [0.2, 0.25) is 4.22 Å². The molecule has 0 saturated heterocycles. The van der Waals surface area contributed by atoms with Gasteiger partial charge in [0.05, 0.1) is 0 Å². The molecule has 226 valence electrons. The first-order valence-corrected chi connectivity index (χ1v) is 20.0. The maximum absolute atomic E-state index is 13.9. The Labute approximate surface area is 251 Å². The van der Waals surface area contributed by atoms with E-state index in [1.54, 1.807) is 0 Å². The van der Waals surface area contributed by atoms with Gasteiger partial charge in [-0.25, -0.2) is 0 Å². The molecule has 0 spiro atoms. The second-order valence-corrected chi connectivity index (χ2v) is 17.7. The summed E-state index contributed by atoms with van der Waals surface area (Å²) in [5, 5.41) is 0. The molecule has 6 aliphatic rings. The number of hydrogen-bond donors (Lipinski definition) is 0. The summed E-state index contributed by atoms with van der Waals surface area (Å²) >= 11 is -4.86. The van der Waals surface area contributed by atoms with Gasteiger partial charge in [0.2, 0.25) is 0 Å². The van der Waals surface area contributed by atoms with Crippen molar-refractivity contribution in [1.82, 2.24) is 0 Å². The molecular weight excluding hydrogens is 552 g/mol. The van der Waals surface area contributed by atoms with Crippen LogP contribution >= 0.6 is 0 Å². The first-order valence-electron chi connectivity index (χ1n) is 17.2. The molecular formula is C34H50O6Ti. The summed E-state index contributed by atoms with van der Waals surface area (Å²) in [7, 11) is 0. The first kappa shape index (κ1) is 29.7. The van der Waals surface area contributed by atoms with Crippen molar-refractivity contribution in [2.24, 2.45) is 17.8 Å². The Hall–Kier alpha value is -1.40. The van der Waals surface area contributed by atoms with E-state index in [0.29, 0.717) is 0 Å². The van der Waals surface area contributed by atoms with E-state index in [1.165, 1.54) is 35.1 Å². The minimum atomic E-state index is -4.86. The van der Waals surface area contributed by atoms with E-state index in [-0.39, 0.29) is 39.9 Å². The zero-order valence-electron chi connectivity index (χ0n) is 25.0. The summed E-state index contributed by atoms with van der Waals surface area (Å²) in [6.45, 7) is 0. The summed E-state index contributed by atoms with van der Waals surface area (Å²) in [6.07, 6.45) is 22.6. The zero-order valence-corrected chi connectivity index (χ0v) is 26.6. The fourth-order valence-electron chi connectivity index (χ4n) is 8.71. The van der Waals surface area contributed by atoms with Gasteiger partial charge in [-0.2, -0.15) is 0 Å². The molecule has 0 heterocycles. The second kappa shape index (κ2) is 13.5. The third-order valence-electron chi connectivity index (χ3n) is 11.0. The monoisotopic (exact) mass is 602 g/mol. The zero-order chi connectivity index (χ0) is 28.2. The molecule has 6 rings (SSSR count). The van der Waals surface area contributed by atoms with Gasteiger partial charge in [0.15, 0.2) is 0 Å². The maximum atomic E-state index is 13.9. The number of fused-ring (bicyclic) bond motifs is 1. The molecule has 0 amide bonds. The van der Waals surface area contributed by atoms with Crippen molar-refractivity contribution < 1.29 is 42.1 Å². The normalized spacial score (nSPS) is 26.8. The minimum absolute atomic E-state index is 0.192. The molecule has 0 radical (unpaired) electrons. The Bertz CT molecular complexity index is 978. The topological polar surface area (TPSA) is 78.9 Å². The summed E-state index contributed by atoms with van der Waals surface area (Å²) < 4.78 is 19.6. The molecule has 0 N–H and O–H groups in total. The fraction of sp³-hybridized carbons (Fsp3) is 0.794. The number of carbonyl (C=O) groups excluding carboxylic acids is 3. The average Bonchev–Trinajstić information content (AvgIpc) is 3.41. The Kier molecular flexibility index (Phi) is 9.76. The standard InChI is InChI=1S/C13H17.3C7H12O2.Ti/c1-3-7-12-10(5-1)9-11-6-2-4-8-13(11)12;3*8-7(9)6-4-2-1-3-5-6;/h5H,1-4,6-9H2;3*6H,1-5H2,(H,8,9);/q;;;;+3/p-3. The van der Waals surface area contributed by atoms with Crippen LogP contribution in [0.5, 0.6) is 0 Å². The predicted molar refractivity (Wildman–Crippen MR) is 153 cm³/mol. The molecule has 6 nitrogen and oxygen atoms in total. The third-order valence-corrected chi connectivity index (χ3v) is 15.7. The van der Waals surface area contributed by atoms with Crippen LogP contribution in [0.25, 0.3) is 0 Å². The molecule has 3 fully saturated rings. The average molecular weight is 603 g/mol. The van der Waals surface area contributed by atoms with Crippen molar-refractivity contribution in [3.8, 4) is 0 Å². The molecule has 3 saturated carbocycles. The molecule has 1 unspecified atom stereocenters. The van der Waals surface area contributed by atoms with Crippen LogP contribution < -0.4 is 0 Å². The molecule has 6 aliphatic carbocycles. The van der Waals surface area contributed by atoms with Gasteiger partial charge in [-0.05, 0) is 0 Å². The number of hydrogen-bond acceptors (Lipinski definition) is 6. The molecule has 0 aliphatic heterocycles. The van der Waals surface area contributed by atoms with Gasteiger partial charge >= 0.3 is 252 Å². The molecule has 0 bridgehead atoms. The van der Waals surface area contributed by atoms with Crippen LogP contribution in [0.15, 0.2) is 22.3 Å². The van der Waals surface area contributed by atoms with Crippen molar-refractivity contribution in [3.63, 3.8) is 0 Å². The van der Waals surface area contributed by atoms with Crippen molar-refractivity contribution in [3.05, 3.63) is 22.3 Å². The molecule has 1 atom stereocenters.